The smallest absolute Gasteiger partial charge is 0.251 e. The van der Waals surface area contributed by atoms with Crippen molar-refractivity contribution in [1.82, 2.24) is 10.6 Å². The van der Waals surface area contributed by atoms with Gasteiger partial charge in [0, 0.05) is 18.2 Å². The topological polar surface area (TPSA) is 87.3 Å². The number of hydrogen-bond donors (Lipinski definition) is 3. The number of rotatable bonds is 4. The summed E-state index contributed by atoms with van der Waals surface area (Å²) in [6, 6.07) is 5.12. The lowest BCUT2D eigenvalue weighted by Crippen LogP contribution is -2.36. The molecule has 2 rings (SSSR count). The van der Waals surface area contributed by atoms with Gasteiger partial charge >= 0.3 is 0 Å². The summed E-state index contributed by atoms with van der Waals surface area (Å²) < 4.78 is 25.0. The van der Waals surface area contributed by atoms with Crippen LogP contribution in [0.1, 0.15) is 22.3 Å². The van der Waals surface area contributed by atoms with Gasteiger partial charge < -0.3 is 10.6 Å². The molecule has 0 aliphatic carbocycles. The minimum absolute atomic E-state index is 0. The van der Waals surface area contributed by atoms with E-state index in [0.29, 0.717) is 11.3 Å². The summed E-state index contributed by atoms with van der Waals surface area (Å²) in [6.07, 6.45) is 2.00. The molecule has 118 valence electrons. The second-order valence-electron chi connectivity index (χ2n) is 5.07. The summed E-state index contributed by atoms with van der Waals surface area (Å²) in [5, 5.41) is 6.10. The van der Waals surface area contributed by atoms with Crippen molar-refractivity contribution >= 4 is 34.0 Å². The molecular weight excluding hydrogens is 314 g/mol. The zero-order valence-corrected chi connectivity index (χ0v) is 13.6. The largest absolute Gasteiger partial charge is 0.348 e. The number of hydrogen-bond acceptors (Lipinski definition) is 4. The summed E-state index contributed by atoms with van der Waals surface area (Å²) in [6.45, 7) is 3.46. The fourth-order valence-corrected chi connectivity index (χ4v) is 2.74. The van der Waals surface area contributed by atoms with Gasteiger partial charge in [-0.2, -0.15) is 0 Å². The Balaban J connectivity index is 0.00000220. The third kappa shape index (κ3) is 5.18. The van der Waals surface area contributed by atoms with Crippen molar-refractivity contribution < 1.29 is 13.2 Å². The van der Waals surface area contributed by atoms with Gasteiger partial charge in [-0.15, -0.1) is 12.4 Å². The number of halogens is 1. The van der Waals surface area contributed by atoms with Gasteiger partial charge in [0.25, 0.3) is 5.91 Å². The van der Waals surface area contributed by atoms with Crippen LogP contribution in [0.25, 0.3) is 0 Å². The van der Waals surface area contributed by atoms with Crippen molar-refractivity contribution in [2.45, 2.75) is 19.4 Å². The minimum atomic E-state index is -3.36. The molecule has 0 spiro atoms. The van der Waals surface area contributed by atoms with Crippen LogP contribution in [-0.4, -0.2) is 39.7 Å². The number of carbonyl (C=O) groups excluding carboxylic acids is 1. The lowest BCUT2D eigenvalue weighted by atomic mass is 10.1. The van der Waals surface area contributed by atoms with E-state index in [1.807, 2.05) is 0 Å². The Morgan fingerprint density at radius 1 is 1.38 bits per heavy atom. The highest BCUT2D eigenvalue weighted by Gasteiger charge is 2.18. The van der Waals surface area contributed by atoms with Crippen molar-refractivity contribution in [2.75, 3.05) is 24.1 Å². The van der Waals surface area contributed by atoms with E-state index in [9.17, 15) is 13.2 Å². The molecule has 1 aliphatic rings. The van der Waals surface area contributed by atoms with Crippen molar-refractivity contribution in [2.24, 2.45) is 0 Å². The van der Waals surface area contributed by atoms with Crippen LogP contribution in [0.4, 0.5) is 5.69 Å². The first-order chi connectivity index (χ1) is 9.35. The van der Waals surface area contributed by atoms with Gasteiger partial charge in [-0.05, 0) is 37.6 Å². The van der Waals surface area contributed by atoms with Crippen LogP contribution in [0.15, 0.2) is 18.2 Å². The molecule has 6 nitrogen and oxygen atoms in total. The average molecular weight is 334 g/mol. The lowest BCUT2D eigenvalue weighted by Gasteiger charge is -2.13. The Bertz CT molecular complexity index is 613. The minimum Gasteiger partial charge on any atom is -0.348 e. The molecule has 21 heavy (non-hydrogen) atoms. The molecule has 1 fully saturated rings. The molecule has 1 heterocycles. The molecule has 0 aromatic heterocycles. The van der Waals surface area contributed by atoms with Crippen LogP contribution in [0.2, 0.25) is 0 Å². The molecule has 1 aromatic rings. The highest BCUT2D eigenvalue weighted by molar-refractivity contribution is 7.92. The Hall–Kier alpha value is -1.31. The van der Waals surface area contributed by atoms with E-state index in [1.165, 1.54) is 0 Å². The summed E-state index contributed by atoms with van der Waals surface area (Å²) in [4.78, 5) is 12.1. The molecule has 1 unspecified atom stereocenters. The molecule has 0 radical (unpaired) electrons. The fourth-order valence-electron chi connectivity index (χ4n) is 2.12. The predicted molar refractivity (Wildman–Crippen MR) is 85.6 cm³/mol. The fraction of sp³-hybridized carbons (Fsp3) is 0.462. The second-order valence-corrected chi connectivity index (χ2v) is 6.82. The summed E-state index contributed by atoms with van der Waals surface area (Å²) >= 11 is 0. The number of nitrogens with one attached hydrogen (secondary N) is 3. The van der Waals surface area contributed by atoms with Gasteiger partial charge in [0.2, 0.25) is 10.0 Å². The SMILES string of the molecule is Cc1ccc(C(=O)NC2CCNC2)cc1NS(C)(=O)=O.Cl. The highest BCUT2D eigenvalue weighted by Crippen LogP contribution is 2.18. The van der Waals surface area contributed by atoms with E-state index in [-0.39, 0.29) is 24.4 Å². The molecule has 1 saturated heterocycles. The number of amides is 1. The first-order valence-corrected chi connectivity index (χ1v) is 8.34. The molecular formula is C13H20ClN3O3S. The number of anilines is 1. The summed E-state index contributed by atoms with van der Waals surface area (Å²) in [5.74, 6) is -0.185. The van der Waals surface area contributed by atoms with Gasteiger partial charge in [-0.25, -0.2) is 8.42 Å². The first kappa shape index (κ1) is 17.7. The van der Waals surface area contributed by atoms with Gasteiger partial charge in [0.05, 0.1) is 11.9 Å². The van der Waals surface area contributed by atoms with E-state index in [0.717, 1.165) is 31.3 Å². The maximum Gasteiger partial charge on any atom is 0.251 e. The Kier molecular flexibility index (Phi) is 6.00. The van der Waals surface area contributed by atoms with Gasteiger partial charge in [0.15, 0.2) is 0 Å². The van der Waals surface area contributed by atoms with Crippen molar-refractivity contribution in [3.63, 3.8) is 0 Å². The molecule has 3 N–H and O–H groups in total. The molecule has 8 heteroatoms. The van der Waals surface area contributed by atoms with Gasteiger partial charge in [0.1, 0.15) is 0 Å². The first-order valence-electron chi connectivity index (χ1n) is 6.45. The molecule has 0 saturated carbocycles. The zero-order valence-electron chi connectivity index (χ0n) is 12.0. The second kappa shape index (κ2) is 7.11. The Morgan fingerprint density at radius 2 is 2.10 bits per heavy atom. The van der Waals surface area contributed by atoms with E-state index in [2.05, 4.69) is 15.4 Å². The van der Waals surface area contributed by atoms with Crippen molar-refractivity contribution in [1.29, 1.82) is 0 Å². The normalized spacial score (nSPS) is 17.9. The van der Waals surface area contributed by atoms with Crippen molar-refractivity contribution in [3.05, 3.63) is 29.3 Å². The highest BCUT2D eigenvalue weighted by atomic mass is 35.5. The van der Waals surface area contributed by atoms with E-state index in [1.54, 1.807) is 25.1 Å². The summed E-state index contributed by atoms with van der Waals surface area (Å²) in [5.41, 5.74) is 1.66. The van der Waals surface area contributed by atoms with Crippen LogP contribution in [0.3, 0.4) is 0 Å². The quantitative estimate of drug-likeness (QED) is 0.763. The number of benzene rings is 1. The van der Waals surface area contributed by atoms with Crippen LogP contribution in [0, 0.1) is 6.92 Å². The maximum absolute atomic E-state index is 12.1. The third-order valence-corrected chi connectivity index (χ3v) is 3.78. The molecule has 0 bridgehead atoms. The maximum atomic E-state index is 12.1. The Labute approximate surface area is 131 Å². The van der Waals surface area contributed by atoms with E-state index < -0.39 is 10.0 Å². The number of carbonyl (C=O) groups is 1. The van der Waals surface area contributed by atoms with Crippen LogP contribution in [0.5, 0.6) is 0 Å². The van der Waals surface area contributed by atoms with Crippen LogP contribution in [-0.2, 0) is 10.0 Å². The van der Waals surface area contributed by atoms with Crippen LogP contribution >= 0.6 is 12.4 Å². The lowest BCUT2D eigenvalue weighted by molar-refractivity contribution is 0.0940. The van der Waals surface area contributed by atoms with Crippen LogP contribution < -0.4 is 15.4 Å². The molecule has 1 atom stereocenters. The summed E-state index contributed by atoms with van der Waals surface area (Å²) in [7, 11) is -3.36. The third-order valence-electron chi connectivity index (χ3n) is 3.19. The van der Waals surface area contributed by atoms with Gasteiger partial charge in [-0.3, -0.25) is 9.52 Å². The molecule has 1 amide bonds. The Morgan fingerprint density at radius 3 is 2.67 bits per heavy atom. The number of sulfonamides is 1. The average Bonchev–Trinajstić information content (AvgIpc) is 2.83. The van der Waals surface area contributed by atoms with Gasteiger partial charge in [-0.1, -0.05) is 6.07 Å². The standard InChI is InChI=1S/C13H19N3O3S.ClH/c1-9-3-4-10(7-12(9)16-20(2,18)19)13(17)15-11-5-6-14-8-11;/h3-4,7,11,14,16H,5-6,8H2,1-2H3,(H,15,17);1H. The molecule has 1 aliphatic heterocycles. The number of aryl methyl sites for hydroxylation is 1. The molecule has 1 aromatic carbocycles. The predicted octanol–water partition coefficient (Wildman–Crippen LogP) is 0.880. The van der Waals surface area contributed by atoms with Crippen molar-refractivity contribution in [3.8, 4) is 0 Å². The van der Waals surface area contributed by atoms with E-state index in [4.69, 9.17) is 0 Å². The van der Waals surface area contributed by atoms with E-state index >= 15 is 0 Å². The monoisotopic (exact) mass is 333 g/mol. The zero-order chi connectivity index (χ0) is 14.8.